The molecule has 84 valence electrons. The molecule has 0 N–H and O–H groups in total. The monoisotopic (exact) mass is 240 g/mol. The van der Waals surface area contributed by atoms with Gasteiger partial charge in [-0.2, -0.15) is 0 Å². The molecule has 0 saturated carbocycles. The van der Waals surface area contributed by atoms with Crippen LogP contribution in [0.25, 0.3) is 0 Å². The van der Waals surface area contributed by atoms with Gasteiger partial charge in [0, 0.05) is 11.3 Å². The van der Waals surface area contributed by atoms with Crippen molar-refractivity contribution in [1.29, 1.82) is 0 Å². The quantitative estimate of drug-likeness (QED) is 0.801. The van der Waals surface area contributed by atoms with Gasteiger partial charge in [-0.15, -0.1) is 11.8 Å². The second-order valence-corrected chi connectivity index (χ2v) is 4.27. The van der Waals surface area contributed by atoms with Gasteiger partial charge in [-0.05, 0) is 18.2 Å². The fourth-order valence-corrected chi connectivity index (χ4v) is 2.23. The smallest absolute Gasteiger partial charge is 0.162 e. The average molecular weight is 240 g/mol. The van der Waals surface area contributed by atoms with Gasteiger partial charge in [0.2, 0.25) is 0 Å². The first-order chi connectivity index (χ1) is 7.77. The number of thioether (sulfide) groups is 1. The maximum atomic E-state index is 13.3. The summed E-state index contributed by atoms with van der Waals surface area (Å²) in [6, 6.07) is 7.89. The number of hydrogen-bond donors (Lipinski definition) is 0. The topological polar surface area (TPSA) is 13.1 Å². The largest absolute Gasteiger partial charge is 0.468 e. The van der Waals surface area contributed by atoms with Crippen molar-refractivity contribution in [3.63, 3.8) is 0 Å². The van der Waals surface area contributed by atoms with Crippen molar-refractivity contribution in [3.05, 3.63) is 59.6 Å². The third-order valence-corrected chi connectivity index (χ3v) is 3.12. The second-order valence-electron chi connectivity index (χ2n) is 3.29. The molecule has 2 aromatic rings. The van der Waals surface area contributed by atoms with E-state index in [0.717, 1.165) is 11.8 Å². The summed E-state index contributed by atoms with van der Waals surface area (Å²) < 4.78 is 31.3. The molecular weight excluding hydrogens is 230 g/mol. The van der Waals surface area contributed by atoms with Gasteiger partial charge in [0.05, 0.1) is 12.0 Å². The molecule has 1 heterocycles. The fraction of sp³-hybridized carbons (Fsp3) is 0.167. The van der Waals surface area contributed by atoms with E-state index in [0.29, 0.717) is 17.1 Å². The Balaban J connectivity index is 1.92. The van der Waals surface area contributed by atoms with Crippen molar-refractivity contribution < 1.29 is 13.2 Å². The molecule has 0 amide bonds. The lowest BCUT2D eigenvalue weighted by Gasteiger charge is -2.02. The number of hydrogen-bond acceptors (Lipinski definition) is 2. The summed E-state index contributed by atoms with van der Waals surface area (Å²) >= 11 is 1.49. The van der Waals surface area contributed by atoms with Crippen molar-refractivity contribution in [1.82, 2.24) is 0 Å². The van der Waals surface area contributed by atoms with Crippen LogP contribution in [0.15, 0.2) is 41.0 Å². The first kappa shape index (κ1) is 11.2. The molecule has 1 aromatic heterocycles. The maximum absolute atomic E-state index is 13.3. The van der Waals surface area contributed by atoms with E-state index < -0.39 is 11.6 Å². The molecule has 0 atom stereocenters. The number of rotatable bonds is 4. The summed E-state index contributed by atoms with van der Waals surface area (Å²) in [6.45, 7) is 0. The molecule has 0 saturated heterocycles. The predicted octanol–water partition coefficient (Wildman–Crippen LogP) is 3.99. The molecule has 0 aliphatic carbocycles. The van der Waals surface area contributed by atoms with E-state index in [-0.39, 0.29) is 0 Å². The van der Waals surface area contributed by atoms with Crippen molar-refractivity contribution in [2.45, 2.75) is 11.5 Å². The van der Waals surface area contributed by atoms with Gasteiger partial charge < -0.3 is 4.42 Å². The minimum absolute atomic E-state index is 0.386. The van der Waals surface area contributed by atoms with Gasteiger partial charge in [-0.1, -0.05) is 12.1 Å². The van der Waals surface area contributed by atoms with Crippen molar-refractivity contribution >= 4 is 11.8 Å². The Morgan fingerprint density at radius 1 is 1.06 bits per heavy atom. The summed E-state index contributed by atoms with van der Waals surface area (Å²) in [4.78, 5) is 0. The molecule has 0 aliphatic rings. The standard InChI is InChI=1S/C12H10F2OS/c13-11-5-1-3-9(12(11)14)7-16-8-10-4-2-6-15-10/h1-6H,7-8H2. The molecule has 4 heteroatoms. The Bertz CT molecular complexity index is 454. The van der Waals surface area contributed by atoms with E-state index in [4.69, 9.17) is 4.42 Å². The lowest BCUT2D eigenvalue weighted by molar-refractivity contribution is 0.502. The van der Waals surface area contributed by atoms with E-state index in [1.54, 1.807) is 18.4 Å². The number of furan rings is 1. The first-order valence-electron chi connectivity index (χ1n) is 4.80. The van der Waals surface area contributed by atoms with E-state index >= 15 is 0 Å². The molecule has 0 aliphatic heterocycles. The van der Waals surface area contributed by atoms with E-state index in [2.05, 4.69) is 0 Å². The zero-order valence-electron chi connectivity index (χ0n) is 8.45. The van der Waals surface area contributed by atoms with Crippen molar-refractivity contribution in [2.75, 3.05) is 0 Å². The summed E-state index contributed by atoms with van der Waals surface area (Å²) in [7, 11) is 0. The summed E-state index contributed by atoms with van der Waals surface area (Å²) in [5.41, 5.74) is 0.386. The molecule has 0 bridgehead atoms. The Labute approximate surface area is 96.5 Å². The molecule has 0 fully saturated rings. The Morgan fingerprint density at radius 2 is 1.94 bits per heavy atom. The summed E-state index contributed by atoms with van der Waals surface area (Å²) in [5, 5.41) is 0. The van der Waals surface area contributed by atoms with Crippen LogP contribution in [0.5, 0.6) is 0 Å². The minimum atomic E-state index is -0.795. The normalized spacial score (nSPS) is 10.6. The zero-order chi connectivity index (χ0) is 11.4. The van der Waals surface area contributed by atoms with Crippen LogP contribution in [-0.2, 0) is 11.5 Å². The highest BCUT2D eigenvalue weighted by atomic mass is 32.2. The van der Waals surface area contributed by atoms with Crippen LogP contribution < -0.4 is 0 Å². The second kappa shape index (κ2) is 5.16. The van der Waals surface area contributed by atoms with Crippen LogP contribution in [-0.4, -0.2) is 0 Å². The van der Waals surface area contributed by atoms with Crippen molar-refractivity contribution in [2.24, 2.45) is 0 Å². The zero-order valence-corrected chi connectivity index (χ0v) is 9.27. The van der Waals surface area contributed by atoms with Gasteiger partial charge in [0.1, 0.15) is 5.76 Å². The van der Waals surface area contributed by atoms with Crippen molar-refractivity contribution in [3.8, 4) is 0 Å². The van der Waals surface area contributed by atoms with Crippen LogP contribution >= 0.6 is 11.8 Å². The summed E-state index contributed by atoms with van der Waals surface area (Å²) in [6.07, 6.45) is 1.60. The van der Waals surface area contributed by atoms with Gasteiger partial charge in [0.25, 0.3) is 0 Å². The Hall–Kier alpha value is -1.29. The highest BCUT2D eigenvalue weighted by Gasteiger charge is 2.07. The lowest BCUT2D eigenvalue weighted by Crippen LogP contribution is -1.91. The molecule has 1 nitrogen and oxygen atoms in total. The fourth-order valence-electron chi connectivity index (χ4n) is 1.32. The highest BCUT2D eigenvalue weighted by Crippen LogP contribution is 2.21. The summed E-state index contributed by atoms with van der Waals surface area (Å²) in [5.74, 6) is 0.375. The molecule has 0 spiro atoms. The average Bonchev–Trinajstić information content (AvgIpc) is 2.77. The molecule has 0 unspecified atom stereocenters. The molecule has 0 radical (unpaired) electrons. The maximum Gasteiger partial charge on any atom is 0.162 e. The van der Waals surface area contributed by atoms with Gasteiger partial charge in [-0.3, -0.25) is 0 Å². The van der Waals surface area contributed by atoms with Crippen LogP contribution in [0.2, 0.25) is 0 Å². The van der Waals surface area contributed by atoms with Gasteiger partial charge >= 0.3 is 0 Å². The van der Waals surface area contributed by atoms with E-state index in [9.17, 15) is 8.78 Å². The minimum Gasteiger partial charge on any atom is -0.468 e. The number of halogens is 2. The lowest BCUT2D eigenvalue weighted by atomic mass is 10.2. The third kappa shape index (κ3) is 2.64. The molecule has 16 heavy (non-hydrogen) atoms. The highest BCUT2D eigenvalue weighted by molar-refractivity contribution is 7.97. The first-order valence-corrected chi connectivity index (χ1v) is 5.96. The SMILES string of the molecule is Fc1cccc(CSCc2ccco2)c1F. The molecule has 1 aromatic carbocycles. The third-order valence-electron chi connectivity index (χ3n) is 2.11. The van der Waals surface area contributed by atoms with Crippen LogP contribution in [0.1, 0.15) is 11.3 Å². The van der Waals surface area contributed by atoms with E-state index in [1.165, 1.54) is 17.8 Å². The Kier molecular flexibility index (Phi) is 3.62. The number of benzene rings is 1. The Morgan fingerprint density at radius 3 is 2.69 bits per heavy atom. The molecular formula is C12H10F2OS. The molecule has 2 rings (SSSR count). The van der Waals surface area contributed by atoms with Crippen LogP contribution in [0.3, 0.4) is 0 Å². The van der Waals surface area contributed by atoms with Gasteiger partial charge in [0.15, 0.2) is 11.6 Å². The van der Waals surface area contributed by atoms with Crippen LogP contribution in [0, 0.1) is 11.6 Å². The van der Waals surface area contributed by atoms with E-state index in [1.807, 2.05) is 6.07 Å². The van der Waals surface area contributed by atoms with Gasteiger partial charge in [-0.25, -0.2) is 8.78 Å². The van der Waals surface area contributed by atoms with Crippen LogP contribution in [0.4, 0.5) is 8.78 Å². The predicted molar refractivity (Wildman–Crippen MR) is 60.1 cm³/mol.